The van der Waals surface area contributed by atoms with Crippen molar-refractivity contribution in [2.24, 2.45) is 0 Å². The topological polar surface area (TPSA) is 68.3 Å². The molecule has 1 N–H and O–H groups in total. The number of carbonyl (C=O) groups excluding carboxylic acids is 2. The molecule has 2 aromatic rings. The van der Waals surface area contributed by atoms with E-state index in [9.17, 15) is 9.59 Å². The third-order valence-corrected chi connectivity index (χ3v) is 2.58. The molecule has 5 nitrogen and oxygen atoms in total. The minimum absolute atomic E-state index is 0.288. The fourth-order valence-corrected chi connectivity index (χ4v) is 1.71. The van der Waals surface area contributed by atoms with Gasteiger partial charge in [-0.15, -0.1) is 0 Å². The van der Waals surface area contributed by atoms with E-state index in [1.165, 1.54) is 13.1 Å². The van der Waals surface area contributed by atoms with E-state index in [1.807, 2.05) is 5.48 Å². The van der Waals surface area contributed by atoms with E-state index in [0.29, 0.717) is 15.9 Å². The first-order chi connectivity index (χ1) is 8.59. The summed E-state index contributed by atoms with van der Waals surface area (Å²) in [6.45, 7) is 1.19. The van der Waals surface area contributed by atoms with Crippen LogP contribution in [0.4, 0.5) is 0 Å². The van der Waals surface area contributed by atoms with Crippen LogP contribution in [0.15, 0.2) is 30.5 Å². The molecular formula is C12H9ClN2O3. The van der Waals surface area contributed by atoms with E-state index in [2.05, 4.69) is 9.82 Å². The molecule has 0 aliphatic carbocycles. The van der Waals surface area contributed by atoms with Crippen molar-refractivity contribution >= 4 is 34.4 Å². The highest BCUT2D eigenvalue weighted by Gasteiger charge is 2.13. The number of para-hydroxylation sites is 1. The second kappa shape index (κ2) is 5.01. The Morgan fingerprint density at radius 3 is 2.83 bits per heavy atom. The van der Waals surface area contributed by atoms with Crippen LogP contribution in [-0.4, -0.2) is 16.9 Å². The number of hydrogen-bond donors (Lipinski definition) is 1. The lowest BCUT2D eigenvalue weighted by molar-refractivity contribution is -0.146. The predicted octanol–water partition coefficient (Wildman–Crippen LogP) is 2.10. The highest BCUT2D eigenvalue weighted by atomic mass is 35.5. The van der Waals surface area contributed by atoms with Crippen LogP contribution in [0.5, 0.6) is 0 Å². The van der Waals surface area contributed by atoms with E-state index in [-0.39, 0.29) is 5.56 Å². The third-order valence-electron chi connectivity index (χ3n) is 2.25. The maximum Gasteiger partial charge on any atom is 0.329 e. The molecule has 0 atom stereocenters. The van der Waals surface area contributed by atoms with Crippen molar-refractivity contribution in [3.05, 3.63) is 41.0 Å². The molecule has 0 aliphatic rings. The zero-order valence-electron chi connectivity index (χ0n) is 9.44. The molecule has 0 radical (unpaired) electrons. The second-order valence-corrected chi connectivity index (χ2v) is 3.93. The van der Waals surface area contributed by atoms with Crippen LogP contribution in [0.25, 0.3) is 10.9 Å². The molecule has 6 heteroatoms. The molecule has 0 unspecified atom stereocenters. The summed E-state index contributed by atoms with van der Waals surface area (Å²) in [5.74, 6) is -1.15. The minimum atomic E-state index is -0.602. The standard InChI is InChI=1S/C12H9ClN2O3/c1-7(16)18-15-12(17)9-4-2-3-8-10(13)5-6-14-11(8)9/h2-6H,1H3,(H,15,17). The van der Waals surface area contributed by atoms with Crippen molar-refractivity contribution in [1.29, 1.82) is 0 Å². The third kappa shape index (κ3) is 2.41. The van der Waals surface area contributed by atoms with Gasteiger partial charge in [-0.25, -0.2) is 0 Å². The maximum atomic E-state index is 11.8. The Bertz CT molecular complexity index is 628. The molecule has 0 aliphatic heterocycles. The Hall–Kier alpha value is -2.14. The van der Waals surface area contributed by atoms with Crippen LogP contribution >= 0.6 is 11.6 Å². The summed E-state index contributed by atoms with van der Waals surface area (Å²) < 4.78 is 0. The van der Waals surface area contributed by atoms with Gasteiger partial charge in [-0.2, -0.15) is 5.48 Å². The lowest BCUT2D eigenvalue weighted by Gasteiger charge is -2.06. The maximum absolute atomic E-state index is 11.8. The summed E-state index contributed by atoms with van der Waals surface area (Å²) in [4.78, 5) is 31.0. The van der Waals surface area contributed by atoms with E-state index in [0.717, 1.165) is 0 Å². The van der Waals surface area contributed by atoms with Gasteiger partial charge in [0.05, 0.1) is 16.1 Å². The zero-order chi connectivity index (χ0) is 13.1. The second-order valence-electron chi connectivity index (χ2n) is 3.52. The molecule has 0 spiro atoms. The molecular weight excluding hydrogens is 256 g/mol. The molecule has 1 heterocycles. The summed E-state index contributed by atoms with van der Waals surface area (Å²) >= 11 is 6.00. The van der Waals surface area contributed by atoms with Crippen LogP contribution in [0, 0.1) is 0 Å². The van der Waals surface area contributed by atoms with Gasteiger partial charge in [0.1, 0.15) is 0 Å². The quantitative estimate of drug-likeness (QED) is 0.801. The number of nitrogens with one attached hydrogen (secondary N) is 1. The van der Waals surface area contributed by atoms with E-state index in [4.69, 9.17) is 11.6 Å². The summed E-state index contributed by atoms with van der Waals surface area (Å²) in [6.07, 6.45) is 1.51. The van der Waals surface area contributed by atoms with Crippen molar-refractivity contribution < 1.29 is 14.4 Å². The molecule has 2 rings (SSSR count). The van der Waals surface area contributed by atoms with Crippen molar-refractivity contribution in [2.45, 2.75) is 6.92 Å². The summed E-state index contributed by atoms with van der Waals surface area (Å²) in [7, 11) is 0. The summed E-state index contributed by atoms with van der Waals surface area (Å²) in [6, 6.07) is 6.65. The normalized spacial score (nSPS) is 10.1. The molecule has 0 bridgehead atoms. The van der Waals surface area contributed by atoms with Crippen LogP contribution in [0.3, 0.4) is 0 Å². The van der Waals surface area contributed by atoms with Gasteiger partial charge in [-0.05, 0) is 12.1 Å². The molecule has 0 fully saturated rings. The van der Waals surface area contributed by atoms with Crippen LogP contribution in [0.1, 0.15) is 17.3 Å². The van der Waals surface area contributed by atoms with Gasteiger partial charge in [0, 0.05) is 18.5 Å². The average molecular weight is 265 g/mol. The molecule has 0 saturated carbocycles. The number of aromatic nitrogens is 1. The van der Waals surface area contributed by atoms with Crippen LogP contribution < -0.4 is 5.48 Å². The largest absolute Gasteiger partial charge is 0.341 e. The van der Waals surface area contributed by atoms with Crippen molar-refractivity contribution in [2.75, 3.05) is 0 Å². The highest BCUT2D eigenvalue weighted by Crippen LogP contribution is 2.23. The lowest BCUT2D eigenvalue weighted by atomic mass is 10.1. The number of fused-ring (bicyclic) bond motifs is 1. The van der Waals surface area contributed by atoms with Gasteiger partial charge in [-0.1, -0.05) is 23.7 Å². The molecule has 92 valence electrons. The molecule has 1 amide bonds. The molecule has 18 heavy (non-hydrogen) atoms. The van der Waals surface area contributed by atoms with Gasteiger partial charge < -0.3 is 4.84 Å². The Balaban J connectivity index is 2.42. The number of benzene rings is 1. The number of halogens is 1. The van der Waals surface area contributed by atoms with Gasteiger partial charge in [0.25, 0.3) is 5.91 Å². The number of carbonyl (C=O) groups is 2. The Kier molecular flexibility index (Phi) is 3.43. The predicted molar refractivity (Wildman–Crippen MR) is 66.0 cm³/mol. The molecule has 1 aromatic carbocycles. The Morgan fingerprint density at radius 2 is 2.11 bits per heavy atom. The fraction of sp³-hybridized carbons (Fsp3) is 0.0833. The number of amides is 1. The SMILES string of the molecule is CC(=O)ONC(=O)c1cccc2c(Cl)ccnc12. The van der Waals surface area contributed by atoms with Gasteiger partial charge in [0.2, 0.25) is 0 Å². The van der Waals surface area contributed by atoms with Crippen molar-refractivity contribution in [1.82, 2.24) is 10.5 Å². The first-order valence-corrected chi connectivity index (χ1v) is 5.48. The van der Waals surface area contributed by atoms with Gasteiger partial charge >= 0.3 is 5.97 Å². The summed E-state index contributed by atoms with van der Waals surface area (Å²) in [5, 5.41) is 1.16. The average Bonchev–Trinajstić information content (AvgIpc) is 2.36. The smallest absolute Gasteiger partial charge is 0.329 e. The van der Waals surface area contributed by atoms with Gasteiger partial charge in [0.15, 0.2) is 0 Å². The number of rotatable bonds is 1. The monoisotopic (exact) mass is 264 g/mol. The van der Waals surface area contributed by atoms with Crippen LogP contribution in [-0.2, 0) is 9.63 Å². The summed E-state index contributed by atoms with van der Waals surface area (Å²) in [5.41, 5.74) is 2.78. The van der Waals surface area contributed by atoms with Crippen LogP contribution in [0.2, 0.25) is 5.02 Å². The van der Waals surface area contributed by atoms with E-state index in [1.54, 1.807) is 24.3 Å². The van der Waals surface area contributed by atoms with Crippen molar-refractivity contribution in [3.8, 4) is 0 Å². The lowest BCUT2D eigenvalue weighted by Crippen LogP contribution is -2.26. The van der Waals surface area contributed by atoms with E-state index >= 15 is 0 Å². The van der Waals surface area contributed by atoms with E-state index < -0.39 is 11.9 Å². The number of nitrogens with zero attached hydrogens (tertiary/aromatic N) is 1. The highest BCUT2D eigenvalue weighted by molar-refractivity contribution is 6.35. The number of pyridine rings is 1. The number of hydrogen-bond acceptors (Lipinski definition) is 4. The Labute approximate surface area is 108 Å². The first kappa shape index (κ1) is 12.3. The zero-order valence-corrected chi connectivity index (χ0v) is 10.2. The number of hydroxylamine groups is 1. The fourth-order valence-electron chi connectivity index (χ4n) is 1.50. The van der Waals surface area contributed by atoms with Gasteiger partial charge in [-0.3, -0.25) is 14.6 Å². The van der Waals surface area contributed by atoms with Crippen molar-refractivity contribution in [3.63, 3.8) is 0 Å². The Morgan fingerprint density at radius 1 is 1.33 bits per heavy atom. The minimum Gasteiger partial charge on any atom is -0.341 e. The first-order valence-electron chi connectivity index (χ1n) is 5.10. The molecule has 0 saturated heterocycles. The molecule has 1 aromatic heterocycles.